The van der Waals surface area contributed by atoms with Crippen LogP contribution in [0.1, 0.15) is 25.0 Å². The lowest BCUT2D eigenvalue weighted by atomic mass is 9.78. The van der Waals surface area contributed by atoms with E-state index < -0.39 is 0 Å². The number of hydrogen-bond acceptors (Lipinski definition) is 1. The molecule has 1 atom stereocenters. The third kappa shape index (κ3) is 2.79. The maximum atomic E-state index is 2.55. The van der Waals surface area contributed by atoms with Gasteiger partial charge in [-0.3, -0.25) is 4.90 Å². The Morgan fingerprint density at radius 3 is 2.24 bits per heavy atom. The van der Waals surface area contributed by atoms with Crippen molar-refractivity contribution in [2.45, 2.75) is 25.8 Å². The molecule has 0 saturated carbocycles. The SMILES string of the molecule is C/C=C1\CN(Cc2ccccc2)CC1(C)c1ccccc1. The van der Waals surface area contributed by atoms with Crippen molar-refractivity contribution in [2.75, 3.05) is 13.1 Å². The molecule has 3 rings (SSSR count). The lowest BCUT2D eigenvalue weighted by Crippen LogP contribution is -2.28. The molecule has 1 heterocycles. The predicted molar refractivity (Wildman–Crippen MR) is 89.3 cm³/mol. The zero-order valence-electron chi connectivity index (χ0n) is 12.9. The summed E-state index contributed by atoms with van der Waals surface area (Å²) in [5.41, 5.74) is 4.49. The Labute approximate surface area is 127 Å². The van der Waals surface area contributed by atoms with Crippen LogP contribution in [-0.2, 0) is 12.0 Å². The quantitative estimate of drug-likeness (QED) is 0.751. The molecule has 0 aromatic heterocycles. The first-order valence-electron chi connectivity index (χ1n) is 7.70. The summed E-state index contributed by atoms with van der Waals surface area (Å²) >= 11 is 0. The molecule has 1 unspecified atom stereocenters. The summed E-state index contributed by atoms with van der Waals surface area (Å²) in [6.07, 6.45) is 2.30. The monoisotopic (exact) mass is 277 g/mol. The average Bonchev–Trinajstić information content (AvgIpc) is 2.86. The minimum atomic E-state index is 0.144. The number of allylic oxidation sites excluding steroid dienone is 1. The van der Waals surface area contributed by atoms with Crippen molar-refractivity contribution in [3.63, 3.8) is 0 Å². The van der Waals surface area contributed by atoms with Crippen molar-refractivity contribution in [3.05, 3.63) is 83.4 Å². The highest BCUT2D eigenvalue weighted by atomic mass is 15.2. The van der Waals surface area contributed by atoms with E-state index in [-0.39, 0.29) is 5.41 Å². The Morgan fingerprint density at radius 1 is 1.00 bits per heavy atom. The summed E-state index contributed by atoms with van der Waals surface area (Å²) in [4.78, 5) is 2.55. The summed E-state index contributed by atoms with van der Waals surface area (Å²) < 4.78 is 0. The summed E-state index contributed by atoms with van der Waals surface area (Å²) in [6.45, 7) is 7.73. The van der Waals surface area contributed by atoms with Gasteiger partial charge >= 0.3 is 0 Å². The molecule has 2 aromatic carbocycles. The highest BCUT2D eigenvalue weighted by Crippen LogP contribution is 2.38. The van der Waals surface area contributed by atoms with Crippen LogP contribution in [0.25, 0.3) is 0 Å². The topological polar surface area (TPSA) is 3.24 Å². The second kappa shape index (κ2) is 5.87. The van der Waals surface area contributed by atoms with Gasteiger partial charge in [-0.2, -0.15) is 0 Å². The molecule has 1 saturated heterocycles. The van der Waals surface area contributed by atoms with Gasteiger partial charge in [-0.05, 0) is 23.6 Å². The molecule has 108 valence electrons. The average molecular weight is 277 g/mol. The molecule has 21 heavy (non-hydrogen) atoms. The second-order valence-corrected chi connectivity index (χ2v) is 6.14. The van der Waals surface area contributed by atoms with E-state index in [0.29, 0.717) is 0 Å². The van der Waals surface area contributed by atoms with E-state index in [0.717, 1.165) is 19.6 Å². The van der Waals surface area contributed by atoms with Gasteiger partial charge in [0, 0.05) is 25.0 Å². The third-order valence-electron chi connectivity index (χ3n) is 4.65. The van der Waals surface area contributed by atoms with Crippen LogP contribution in [-0.4, -0.2) is 18.0 Å². The van der Waals surface area contributed by atoms with Crippen molar-refractivity contribution in [3.8, 4) is 0 Å². The fourth-order valence-electron chi connectivity index (χ4n) is 3.47. The molecule has 0 aliphatic carbocycles. The zero-order valence-corrected chi connectivity index (χ0v) is 12.9. The molecule has 1 fully saturated rings. The summed E-state index contributed by atoms with van der Waals surface area (Å²) in [5, 5.41) is 0. The molecule has 0 N–H and O–H groups in total. The van der Waals surface area contributed by atoms with E-state index in [4.69, 9.17) is 0 Å². The van der Waals surface area contributed by atoms with E-state index in [2.05, 4.69) is 85.5 Å². The van der Waals surface area contributed by atoms with Crippen LogP contribution in [0.5, 0.6) is 0 Å². The molecule has 1 aliphatic rings. The first kappa shape index (κ1) is 14.1. The van der Waals surface area contributed by atoms with Gasteiger partial charge in [-0.1, -0.05) is 73.7 Å². The second-order valence-electron chi connectivity index (χ2n) is 6.14. The van der Waals surface area contributed by atoms with E-state index in [1.165, 1.54) is 16.7 Å². The van der Waals surface area contributed by atoms with Crippen LogP contribution in [0.4, 0.5) is 0 Å². The van der Waals surface area contributed by atoms with Crippen molar-refractivity contribution in [1.82, 2.24) is 4.90 Å². The van der Waals surface area contributed by atoms with Crippen LogP contribution >= 0.6 is 0 Å². The van der Waals surface area contributed by atoms with E-state index in [9.17, 15) is 0 Å². The minimum absolute atomic E-state index is 0.144. The van der Waals surface area contributed by atoms with Crippen LogP contribution < -0.4 is 0 Å². The van der Waals surface area contributed by atoms with Crippen molar-refractivity contribution in [2.24, 2.45) is 0 Å². The molecule has 2 aromatic rings. The maximum Gasteiger partial charge on any atom is 0.0273 e. The number of nitrogens with zero attached hydrogens (tertiary/aromatic N) is 1. The highest BCUT2D eigenvalue weighted by molar-refractivity contribution is 5.39. The minimum Gasteiger partial charge on any atom is -0.294 e. The number of hydrogen-bond donors (Lipinski definition) is 0. The van der Waals surface area contributed by atoms with E-state index in [1.54, 1.807) is 0 Å². The van der Waals surface area contributed by atoms with E-state index in [1.807, 2.05) is 0 Å². The molecule has 1 nitrogen and oxygen atoms in total. The van der Waals surface area contributed by atoms with Gasteiger partial charge in [-0.25, -0.2) is 0 Å². The van der Waals surface area contributed by atoms with Gasteiger partial charge in [-0.15, -0.1) is 0 Å². The van der Waals surface area contributed by atoms with Crippen molar-refractivity contribution in [1.29, 1.82) is 0 Å². The van der Waals surface area contributed by atoms with Gasteiger partial charge in [0.25, 0.3) is 0 Å². The number of benzene rings is 2. The van der Waals surface area contributed by atoms with Crippen molar-refractivity contribution >= 4 is 0 Å². The summed E-state index contributed by atoms with van der Waals surface area (Å²) in [5.74, 6) is 0. The Morgan fingerprint density at radius 2 is 1.62 bits per heavy atom. The molecule has 0 radical (unpaired) electrons. The molecule has 0 bridgehead atoms. The normalized spacial score (nSPS) is 24.6. The molecular formula is C20H23N. The lowest BCUT2D eigenvalue weighted by molar-refractivity contribution is 0.309. The smallest absolute Gasteiger partial charge is 0.0273 e. The Hall–Kier alpha value is -1.86. The molecule has 0 spiro atoms. The molecule has 1 heteroatoms. The summed E-state index contributed by atoms with van der Waals surface area (Å²) in [7, 11) is 0. The van der Waals surface area contributed by atoms with Crippen LogP contribution in [0.15, 0.2) is 72.3 Å². The van der Waals surface area contributed by atoms with Crippen LogP contribution in [0, 0.1) is 0 Å². The number of rotatable bonds is 3. The molecule has 1 aliphatic heterocycles. The summed E-state index contributed by atoms with van der Waals surface area (Å²) in [6, 6.07) is 21.7. The third-order valence-corrected chi connectivity index (χ3v) is 4.65. The Kier molecular flexibility index (Phi) is 3.94. The molecule has 0 amide bonds. The number of likely N-dealkylation sites (tertiary alicyclic amines) is 1. The van der Waals surface area contributed by atoms with Gasteiger partial charge < -0.3 is 0 Å². The first-order chi connectivity index (χ1) is 10.2. The van der Waals surface area contributed by atoms with Gasteiger partial charge in [0.05, 0.1) is 0 Å². The lowest BCUT2D eigenvalue weighted by Gasteiger charge is -2.27. The Balaban J connectivity index is 1.84. The van der Waals surface area contributed by atoms with Crippen LogP contribution in [0.2, 0.25) is 0 Å². The largest absolute Gasteiger partial charge is 0.294 e. The van der Waals surface area contributed by atoms with Crippen molar-refractivity contribution < 1.29 is 0 Å². The predicted octanol–water partition coefficient (Wildman–Crippen LogP) is 4.41. The zero-order chi connectivity index (χ0) is 14.7. The standard InChI is InChI=1S/C20H23N/c1-3-18-15-21(14-17-10-6-4-7-11-17)16-20(18,2)19-12-8-5-9-13-19/h3-13H,14-16H2,1-2H3/b18-3+. The van der Waals surface area contributed by atoms with E-state index >= 15 is 0 Å². The van der Waals surface area contributed by atoms with Gasteiger partial charge in [0.2, 0.25) is 0 Å². The molecular weight excluding hydrogens is 254 g/mol. The Bertz CT molecular complexity index is 615. The highest BCUT2D eigenvalue weighted by Gasteiger charge is 2.38. The first-order valence-corrected chi connectivity index (χ1v) is 7.70. The fraction of sp³-hybridized carbons (Fsp3) is 0.300. The van der Waals surface area contributed by atoms with Crippen LogP contribution in [0.3, 0.4) is 0 Å². The fourth-order valence-corrected chi connectivity index (χ4v) is 3.47. The van der Waals surface area contributed by atoms with Gasteiger partial charge in [0.1, 0.15) is 0 Å². The van der Waals surface area contributed by atoms with Gasteiger partial charge in [0.15, 0.2) is 0 Å². The maximum absolute atomic E-state index is 2.55.